The van der Waals surface area contributed by atoms with E-state index in [1.165, 1.54) is 37.7 Å². The molecule has 5 aliphatic rings. The van der Waals surface area contributed by atoms with Gasteiger partial charge in [0.1, 0.15) is 0 Å². The van der Waals surface area contributed by atoms with Crippen LogP contribution >= 0.6 is 0 Å². The lowest BCUT2D eigenvalue weighted by atomic mass is 9.43. The number of benzene rings is 2. The third-order valence-electron chi connectivity index (χ3n) is 7.79. The quantitative estimate of drug-likeness (QED) is 0.584. The predicted molar refractivity (Wildman–Crippen MR) is 94.4 cm³/mol. The van der Waals surface area contributed by atoms with E-state index in [0.29, 0.717) is 5.41 Å². The monoisotopic (exact) mass is 300 g/mol. The van der Waals surface area contributed by atoms with Crippen molar-refractivity contribution in [3.63, 3.8) is 0 Å². The van der Waals surface area contributed by atoms with Gasteiger partial charge in [0.05, 0.1) is 0 Å². The smallest absolute Gasteiger partial charge is 0.0272 e. The molecule has 4 fully saturated rings. The maximum absolute atomic E-state index is 2.48. The van der Waals surface area contributed by atoms with Gasteiger partial charge in [-0.25, -0.2) is 0 Å². The summed E-state index contributed by atoms with van der Waals surface area (Å²) in [6.45, 7) is 2.31. The van der Waals surface area contributed by atoms with Crippen LogP contribution in [-0.4, -0.2) is 0 Å². The van der Waals surface area contributed by atoms with E-state index in [1.54, 1.807) is 22.3 Å². The van der Waals surface area contributed by atoms with Gasteiger partial charge in [-0.05, 0) is 90.5 Å². The Morgan fingerprint density at radius 1 is 0.739 bits per heavy atom. The summed E-state index contributed by atoms with van der Waals surface area (Å²) >= 11 is 0. The number of fused-ring (bicyclic) bond motifs is 3. The summed E-state index contributed by atoms with van der Waals surface area (Å²) < 4.78 is 0. The molecular weight excluding hydrogens is 276 g/mol. The Labute approximate surface area is 138 Å². The molecule has 4 saturated carbocycles. The molecule has 2 aromatic carbocycles. The summed E-state index contributed by atoms with van der Waals surface area (Å²) in [7, 11) is 0. The first-order valence-corrected chi connectivity index (χ1v) is 9.48. The molecule has 0 unspecified atom stereocenters. The number of hydrogen-bond donors (Lipinski definition) is 0. The molecule has 116 valence electrons. The van der Waals surface area contributed by atoms with Crippen molar-refractivity contribution in [1.29, 1.82) is 0 Å². The van der Waals surface area contributed by atoms with Gasteiger partial charge in [-0.2, -0.15) is 0 Å². The molecule has 0 aromatic heterocycles. The highest BCUT2D eigenvalue weighted by Crippen LogP contribution is 2.69. The molecule has 23 heavy (non-hydrogen) atoms. The summed E-state index contributed by atoms with van der Waals surface area (Å²) in [5, 5.41) is 0. The second-order valence-electron chi connectivity index (χ2n) is 8.72. The van der Waals surface area contributed by atoms with E-state index in [1.807, 2.05) is 0 Å². The zero-order chi connectivity index (χ0) is 15.2. The maximum atomic E-state index is 2.48. The number of aryl methyl sites for hydroxylation is 1. The number of hydrogen-bond acceptors (Lipinski definition) is 0. The van der Waals surface area contributed by atoms with Gasteiger partial charge in [0.2, 0.25) is 0 Å². The van der Waals surface area contributed by atoms with E-state index in [4.69, 9.17) is 0 Å². The normalized spacial score (nSPS) is 38.8. The van der Waals surface area contributed by atoms with Crippen molar-refractivity contribution < 1.29 is 0 Å². The third-order valence-corrected chi connectivity index (χ3v) is 7.79. The van der Waals surface area contributed by atoms with Gasteiger partial charge in [-0.3, -0.25) is 0 Å². The van der Waals surface area contributed by atoms with Crippen molar-refractivity contribution in [3.05, 3.63) is 59.2 Å². The Kier molecular flexibility index (Phi) is 2.28. The van der Waals surface area contributed by atoms with E-state index in [0.717, 1.165) is 23.7 Å². The first-order valence-electron chi connectivity index (χ1n) is 9.48. The molecule has 0 heteroatoms. The van der Waals surface area contributed by atoms with Gasteiger partial charge in [0.15, 0.2) is 0 Å². The van der Waals surface area contributed by atoms with Gasteiger partial charge in [-0.15, -0.1) is 0 Å². The van der Waals surface area contributed by atoms with Gasteiger partial charge in [0, 0.05) is 5.41 Å². The Bertz CT molecular complexity index is 785. The molecule has 0 N–H and O–H groups in total. The Hall–Kier alpha value is -1.56. The highest BCUT2D eigenvalue weighted by molar-refractivity contribution is 5.84. The molecule has 7 rings (SSSR count). The zero-order valence-electron chi connectivity index (χ0n) is 13.9. The van der Waals surface area contributed by atoms with E-state index < -0.39 is 0 Å². The number of rotatable bonds is 0. The van der Waals surface area contributed by atoms with E-state index in [-0.39, 0.29) is 0 Å². The minimum Gasteiger partial charge on any atom is -0.0619 e. The molecule has 4 bridgehead atoms. The predicted octanol–water partition coefficient (Wildman–Crippen LogP) is 5.72. The van der Waals surface area contributed by atoms with Crippen LogP contribution in [0.2, 0.25) is 0 Å². The topological polar surface area (TPSA) is 0 Å². The molecule has 0 heterocycles. The average Bonchev–Trinajstić information content (AvgIpc) is 2.85. The van der Waals surface area contributed by atoms with Crippen molar-refractivity contribution in [2.75, 3.05) is 0 Å². The van der Waals surface area contributed by atoms with Gasteiger partial charge < -0.3 is 0 Å². The molecule has 1 spiro atoms. The second kappa shape index (κ2) is 4.09. The fraction of sp³-hybridized carbons (Fsp3) is 0.478. The Morgan fingerprint density at radius 2 is 1.39 bits per heavy atom. The molecule has 0 amide bonds. The van der Waals surface area contributed by atoms with Gasteiger partial charge in [0.25, 0.3) is 0 Å². The van der Waals surface area contributed by atoms with Gasteiger partial charge >= 0.3 is 0 Å². The highest BCUT2D eigenvalue weighted by Gasteiger charge is 2.61. The van der Waals surface area contributed by atoms with Crippen molar-refractivity contribution in [3.8, 4) is 11.1 Å². The van der Waals surface area contributed by atoms with Gasteiger partial charge in [-0.1, -0.05) is 42.5 Å². The first-order chi connectivity index (χ1) is 11.3. The highest BCUT2D eigenvalue weighted by atomic mass is 14.6. The van der Waals surface area contributed by atoms with E-state index in [2.05, 4.69) is 49.4 Å². The van der Waals surface area contributed by atoms with Crippen LogP contribution in [0.25, 0.3) is 11.1 Å². The minimum absolute atomic E-state index is 0.353. The SMILES string of the molecule is Cc1cccc2c1-c1ccccc1C21C2CC3CC(C2)CC1C3. The lowest BCUT2D eigenvalue weighted by Crippen LogP contribution is -2.55. The lowest BCUT2D eigenvalue weighted by molar-refractivity contribution is -0.0399. The van der Waals surface area contributed by atoms with Crippen molar-refractivity contribution in [2.45, 2.75) is 44.4 Å². The standard InChI is InChI=1S/C23H24/c1-14-5-4-8-21-22(14)19-6-2-3-7-20(19)23(21)17-10-15-9-16(12-17)13-18(23)11-15/h2-8,15-18H,9-13H2,1H3. The van der Waals surface area contributed by atoms with Crippen molar-refractivity contribution in [2.24, 2.45) is 23.7 Å². The second-order valence-corrected chi connectivity index (χ2v) is 8.72. The maximum Gasteiger partial charge on any atom is 0.0272 e. The lowest BCUT2D eigenvalue weighted by Gasteiger charge is -2.61. The average molecular weight is 300 g/mol. The van der Waals surface area contributed by atoms with Crippen LogP contribution in [0.5, 0.6) is 0 Å². The molecule has 0 nitrogen and oxygen atoms in total. The summed E-state index contributed by atoms with van der Waals surface area (Å²) in [5.74, 6) is 3.85. The molecule has 0 aliphatic heterocycles. The zero-order valence-corrected chi connectivity index (χ0v) is 13.9. The molecule has 2 aromatic rings. The molecular formula is C23H24. The van der Waals surface area contributed by atoms with Crippen LogP contribution in [0, 0.1) is 30.6 Å². The van der Waals surface area contributed by atoms with E-state index >= 15 is 0 Å². The van der Waals surface area contributed by atoms with Crippen LogP contribution in [0.3, 0.4) is 0 Å². The van der Waals surface area contributed by atoms with Crippen molar-refractivity contribution in [1.82, 2.24) is 0 Å². The third kappa shape index (κ3) is 1.36. The molecule has 5 aliphatic carbocycles. The molecule has 0 saturated heterocycles. The largest absolute Gasteiger partial charge is 0.0619 e. The Morgan fingerprint density at radius 3 is 2.13 bits per heavy atom. The van der Waals surface area contributed by atoms with Crippen LogP contribution in [0.15, 0.2) is 42.5 Å². The fourth-order valence-corrected chi connectivity index (χ4v) is 7.38. The van der Waals surface area contributed by atoms with Crippen LogP contribution in [-0.2, 0) is 5.41 Å². The summed E-state index contributed by atoms with van der Waals surface area (Å²) in [6.07, 6.45) is 7.46. The first kappa shape index (κ1) is 12.8. The molecule has 0 atom stereocenters. The van der Waals surface area contributed by atoms with Crippen LogP contribution in [0.1, 0.15) is 48.8 Å². The summed E-state index contributed by atoms with van der Waals surface area (Å²) in [4.78, 5) is 0. The fourth-order valence-electron chi connectivity index (χ4n) is 7.38. The Balaban J connectivity index is 1.71. The molecule has 0 radical (unpaired) electrons. The van der Waals surface area contributed by atoms with E-state index in [9.17, 15) is 0 Å². The summed E-state index contributed by atoms with van der Waals surface area (Å²) in [6, 6.07) is 16.5. The summed E-state index contributed by atoms with van der Waals surface area (Å²) in [5.41, 5.74) is 8.32. The van der Waals surface area contributed by atoms with Crippen molar-refractivity contribution >= 4 is 0 Å². The van der Waals surface area contributed by atoms with Crippen LogP contribution in [0.4, 0.5) is 0 Å². The minimum atomic E-state index is 0.353. The van der Waals surface area contributed by atoms with Crippen LogP contribution < -0.4 is 0 Å².